The quantitative estimate of drug-likeness (QED) is 0.692. The molecule has 0 N–H and O–H groups in total. The Hall–Kier alpha value is -1.89. The van der Waals surface area contributed by atoms with Crippen LogP contribution >= 0.6 is 0 Å². The fourth-order valence-corrected chi connectivity index (χ4v) is 1.16. The van der Waals surface area contributed by atoms with Crippen molar-refractivity contribution in [2.45, 2.75) is 0 Å². The first kappa shape index (κ1) is 8.70. The number of aromatic nitrogens is 1. The lowest BCUT2D eigenvalue weighted by molar-refractivity contribution is 1.32. The highest BCUT2D eigenvalue weighted by Crippen LogP contribution is 2.03. The van der Waals surface area contributed by atoms with Crippen LogP contribution in [0.3, 0.4) is 0 Å². The average Bonchev–Trinajstić information content (AvgIpc) is 2.29. The smallest absolute Gasteiger partial charge is 0.0340 e. The van der Waals surface area contributed by atoms with Crippen LogP contribution in [0, 0.1) is 6.08 Å². The predicted octanol–water partition coefficient (Wildman–Crippen LogP) is 2.95. The monoisotopic (exact) mass is 180 g/mol. The van der Waals surface area contributed by atoms with Gasteiger partial charge in [0.05, 0.1) is 0 Å². The molecule has 1 heterocycles. The zero-order chi connectivity index (χ0) is 9.64. The number of pyridine rings is 1. The topological polar surface area (TPSA) is 12.9 Å². The van der Waals surface area contributed by atoms with Crippen LogP contribution < -0.4 is 0 Å². The van der Waals surface area contributed by atoms with Crippen LogP contribution in [0.25, 0.3) is 6.08 Å². The summed E-state index contributed by atoms with van der Waals surface area (Å²) in [6.07, 6.45) is 8.71. The van der Waals surface area contributed by atoms with E-state index in [1.807, 2.05) is 54.7 Å². The third-order valence-electron chi connectivity index (χ3n) is 1.86. The van der Waals surface area contributed by atoms with Crippen molar-refractivity contribution in [3.8, 4) is 0 Å². The highest BCUT2D eigenvalue weighted by molar-refractivity contribution is 5.49. The molecule has 0 aliphatic heterocycles. The molecule has 0 aliphatic carbocycles. The van der Waals surface area contributed by atoms with Crippen LogP contribution in [0.1, 0.15) is 11.1 Å². The molecule has 1 radical (unpaired) electrons. The third kappa shape index (κ3) is 2.30. The lowest BCUT2D eigenvalue weighted by Gasteiger charge is -1.91. The van der Waals surface area contributed by atoms with Gasteiger partial charge in [-0.2, -0.15) is 0 Å². The van der Waals surface area contributed by atoms with E-state index in [0.29, 0.717) is 0 Å². The van der Waals surface area contributed by atoms with Crippen molar-refractivity contribution in [1.29, 1.82) is 0 Å². The first-order valence-electron chi connectivity index (χ1n) is 4.50. The summed E-state index contributed by atoms with van der Waals surface area (Å²) in [5.41, 5.74) is 2.15. The molecule has 14 heavy (non-hydrogen) atoms. The molecule has 1 nitrogen and oxygen atoms in total. The van der Waals surface area contributed by atoms with Crippen molar-refractivity contribution in [2.24, 2.45) is 0 Å². The van der Waals surface area contributed by atoms with E-state index < -0.39 is 0 Å². The predicted molar refractivity (Wildman–Crippen MR) is 57.5 cm³/mol. The van der Waals surface area contributed by atoms with E-state index in [0.717, 1.165) is 11.1 Å². The van der Waals surface area contributed by atoms with Crippen molar-refractivity contribution in [1.82, 2.24) is 4.98 Å². The highest BCUT2D eigenvalue weighted by Gasteiger charge is 1.85. The molecule has 0 atom stereocenters. The van der Waals surface area contributed by atoms with E-state index in [1.54, 1.807) is 6.20 Å². The van der Waals surface area contributed by atoms with E-state index in [1.165, 1.54) is 0 Å². The Morgan fingerprint density at radius 3 is 2.57 bits per heavy atom. The summed E-state index contributed by atoms with van der Waals surface area (Å²) in [7, 11) is 0. The molecule has 0 amide bonds. The highest BCUT2D eigenvalue weighted by atomic mass is 14.6. The van der Waals surface area contributed by atoms with Gasteiger partial charge in [0, 0.05) is 12.4 Å². The van der Waals surface area contributed by atoms with E-state index in [9.17, 15) is 0 Å². The van der Waals surface area contributed by atoms with Crippen LogP contribution in [0.5, 0.6) is 0 Å². The second-order valence-electron chi connectivity index (χ2n) is 2.94. The molecule has 0 spiro atoms. The lowest BCUT2D eigenvalue weighted by atomic mass is 10.2. The minimum absolute atomic E-state index is 1.07. The number of hydrogen-bond donors (Lipinski definition) is 0. The van der Waals surface area contributed by atoms with E-state index in [-0.39, 0.29) is 0 Å². The van der Waals surface area contributed by atoms with Gasteiger partial charge in [0.15, 0.2) is 0 Å². The van der Waals surface area contributed by atoms with Crippen LogP contribution in [0.4, 0.5) is 0 Å². The van der Waals surface area contributed by atoms with Crippen LogP contribution in [-0.4, -0.2) is 4.98 Å². The lowest BCUT2D eigenvalue weighted by Crippen LogP contribution is -1.75. The maximum Gasteiger partial charge on any atom is 0.0340 e. The Kier molecular flexibility index (Phi) is 2.72. The fraction of sp³-hybridized carbons (Fsp3) is 0. The van der Waals surface area contributed by atoms with Gasteiger partial charge in [0.1, 0.15) is 0 Å². The van der Waals surface area contributed by atoms with Crippen molar-refractivity contribution >= 4 is 6.08 Å². The second kappa shape index (κ2) is 4.38. The molecule has 0 unspecified atom stereocenters. The van der Waals surface area contributed by atoms with E-state index >= 15 is 0 Å². The summed E-state index contributed by atoms with van der Waals surface area (Å²) < 4.78 is 0. The van der Waals surface area contributed by atoms with Gasteiger partial charge in [-0.15, -0.1) is 0 Å². The molecule has 0 fully saturated rings. The first-order chi connectivity index (χ1) is 6.95. The molecule has 0 aliphatic rings. The van der Waals surface area contributed by atoms with Gasteiger partial charge in [-0.25, -0.2) is 0 Å². The van der Waals surface area contributed by atoms with Gasteiger partial charge < -0.3 is 0 Å². The Balaban J connectivity index is 2.16. The Bertz CT molecular complexity index is 362. The largest absolute Gasteiger partial charge is 0.264 e. The molecule has 1 aromatic heterocycles. The van der Waals surface area contributed by atoms with Crippen LogP contribution in [0.15, 0.2) is 54.9 Å². The van der Waals surface area contributed by atoms with Crippen molar-refractivity contribution in [2.75, 3.05) is 0 Å². The fourth-order valence-electron chi connectivity index (χ4n) is 1.16. The van der Waals surface area contributed by atoms with Crippen molar-refractivity contribution in [3.63, 3.8) is 0 Å². The standard InChI is InChI=1S/C13H10N/c1-2-5-12(6-3-1)8-9-13-7-4-10-14-11-13/h1-7,9-11H. The maximum absolute atomic E-state index is 4.03. The number of nitrogens with zero attached hydrogens (tertiary/aromatic N) is 1. The second-order valence-corrected chi connectivity index (χ2v) is 2.94. The van der Waals surface area contributed by atoms with Crippen molar-refractivity contribution in [3.05, 3.63) is 72.1 Å². The average molecular weight is 180 g/mol. The normalized spacial score (nSPS) is 10.6. The zero-order valence-electron chi connectivity index (χ0n) is 7.72. The van der Waals surface area contributed by atoms with Crippen LogP contribution in [0.2, 0.25) is 0 Å². The van der Waals surface area contributed by atoms with Crippen molar-refractivity contribution < 1.29 is 0 Å². The minimum Gasteiger partial charge on any atom is -0.264 e. The third-order valence-corrected chi connectivity index (χ3v) is 1.86. The van der Waals surface area contributed by atoms with Gasteiger partial charge >= 0.3 is 0 Å². The molecule has 1 aromatic carbocycles. The summed E-state index contributed by atoms with van der Waals surface area (Å²) in [6, 6.07) is 14.0. The summed E-state index contributed by atoms with van der Waals surface area (Å²) in [5, 5.41) is 0. The van der Waals surface area contributed by atoms with Gasteiger partial charge in [0.2, 0.25) is 0 Å². The summed E-state index contributed by atoms with van der Waals surface area (Å²) in [5.74, 6) is 0. The summed E-state index contributed by atoms with van der Waals surface area (Å²) >= 11 is 0. The molecule has 67 valence electrons. The molecule has 2 rings (SSSR count). The Labute approximate surface area is 83.7 Å². The van der Waals surface area contributed by atoms with Crippen LogP contribution in [-0.2, 0) is 0 Å². The Morgan fingerprint density at radius 2 is 1.86 bits per heavy atom. The molecule has 0 saturated heterocycles. The van der Waals surface area contributed by atoms with Gasteiger partial charge in [0.25, 0.3) is 0 Å². The first-order valence-corrected chi connectivity index (χ1v) is 4.50. The van der Waals surface area contributed by atoms with E-state index in [2.05, 4.69) is 11.1 Å². The van der Waals surface area contributed by atoms with Gasteiger partial charge in [-0.3, -0.25) is 4.98 Å². The van der Waals surface area contributed by atoms with Gasteiger partial charge in [-0.05, 0) is 29.3 Å². The molecule has 2 aromatic rings. The number of rotatable bonds is 2. The summed E-state index contributed by atoms with van der Waals surface area (Å²) in [6.45, 7) is 0. The molecule has 0 bridgehead atoms. The maximum atomic E-state index is 4.03. The minimum atomic E-state index is 1.07. The number of benzene rings is 1. The molecular weight excluding hydrogens is 170 g/mol. The molecular formula is C13H10N. The SMILES string of the molecule is [C](=C\c1cccnc1)/c1ccccc1. The molecule has 0 saturated carbocycles. The number of hydrogen-bond acceptors (Lipinski definition) is 1. The van der Waals surface area contributed by atoms with E-state index in [4.69, 9.17) is 0 Å². The summed E-state index contributed by atoms with van der Waals surface area (Å²) in [4.78, 5) is 4.03. The Morgan fingerprint density at radius 1 is 1.00 bits per heavy atom. The zero-order valence-corrected chi connectivity index (χ0v) is 7.72. The molecule has 1 heteroatoms. The van der Waals surface area contributed by atoms with Gasteiger partial charge in [-0.1, -0.05) is 36.4 Å².